The molecular formula is C30H34Cl2FN3O4S. The van der Waals surface area contributed by atoms with E-state index in [0.29, 0.717) is 57.6 Å². The Bertz CT molecular complexity index is 1490. The second-order valence-corrected chi connectivity index (χ2v) is 13.3. The lowest BCUT2D eigenvalue weighted by atomic mass is 9.98. The van der Waals surface area contributed by atoms with E-state index in [9.17, 15) is 14.6 Å². The van der Waals surface area contributed by atoms with E-state index in [4.69, 9.17) is 32.5 Å². The zero-order chi connectivity index (χ0) is 29.3. The van der Waals surface area contributed by atoms with Crippen LogP contribution in [0.4, 0.5) is 4.39 Å². The highest BCUT2D eigenvalue weighted by Crippen LogP contribution is 2.46. The van der Waals surface area contributed by atoms with Crippen LogP contribution in [0.1, 0.15) is 87.1 Å². The molecule has 0 unspecified atom stereocenters. The summed E-state index contributed by atoms with van der Waals surface area (Å²) >= 11 is 14.3. The van der Waals surface area contributed by atoms with Gasteiger partial charge in [-0.1, -0.05) is 28.4 Å². The Labute approximate surface area is 252 Å². The molecule has 1 saturated carbocycles. The third kappa shape index (κ3) is 7.27. The summed E-state index contributed by atoms with van der Waals surface area (Å²) in [4.78, 5) is 8.57. The van der Waals surface area contributed by atoms with Crippen LogP contribution in [0.5, 0.6) is 0 Å². The second-order valence-electron chi connectivity index (χ2n) is 11.3. The number of aliphatic hydroxyl groups is 2. The van der Waals surface area contributed by atoms with Gasteiger partial charge in [-0.3, -0.25) is 4.98 Å². The molecule has 1 aromatic carbocycles. The van der Waals surface area contributed by atoms with E-state index >= 15 is 0 Å². The van der Waals surface area contributed by atoms with Gasteiger partial charge in [-0.05, 0) is 83.4 Å². The number of rotatable bonds is 13. The number of nitrogens with zero attached hydrogens (tertiary/aromatic N) is 3. The number of thiazole rings is 1. The van der Waals surface area contributed by atoms with Crippen LogP contribution in [-0.4, -0.2) is 37.5 Å². The number of aliphatic hydroxyl groups excluding tert-OH is 1. The molecule has 0 saturated heterocycles. The van der Waals surface area contributed by atoms with Crippen LogP contribution in [0, 0.1) is 5.82 Å². The fourth-order valence-corrected chi connectivity index (χ4v) is 6.48. The van der Waals surface area contributed by atoms with Crippen LogP contribution < -0.4 is 0 Å². The first-order valence-electron chi connectivity index (χ1n) is 13.9. The summed E-state index contributed by atoms with van der Waals surface area (Å²) in [6.45, 7) is 5.32. The molecule has 0 spiro atoms. The Kier molecular flexibility index (Phi) is 9.33. The lowest BCUT2D eigenvalue weighted by molar-refractivity contribution is 0.0186. The largest absolute Gasteiger partial charge is 0.393 e. The Hall–Kier alpha value is -2.14. The van der Waals surface area contributed by atoms with Gasteiger partial charge in [0.15, 0.2) is 5.82 Å². The monoisotopic (exact) mass is 621 g/mol. The maximum Gasteiger partial charge on any atom is 0.150 e. The number of aromatic nitrogens is 3. The quantitative estimate of drug-likeness (QED) is 0.156. The van der Waals surface area contributed by atoms with Crippen molar-refractivity contribution in [2.45, 2.75) is 96.1 Å². The van der Waals surface area contributed by atoms with Gasteiger partial charge in [0.05, 0.1) is 44.2 Å². The van der Waals surface area contributed by atoms with Gasteiger partial charge in [-0.25, -0.2) is 9.37 Å². The van der Waals surface area contributed by atoms with Crippen LogP contribution >= 0.6 is 34.5 Å². The van der Waals surface area contributed by atoms with Crippen LogP contribution in [-0.2, 0) is 23.4 Å². The summed E-state index contributed by atoms with van der Waals surface area (Å²) in [5.41, 5.74) is 1.72. The maximum absolute atomic E-state index is 14.7. The van der Waals surface area contributed by atoms with Crippen LogP contribution in [0.2, 0.25) is 10.0 Å². The molecule has 3 heterocycles. The van der Waals surface area contributed by atoms with Crippen molar-refractivity contribution in [2.24, 2.45) is 0 Å². The number of ether oxygens (including phenoxy) is 1. The molecule has 0 amide bonds. The van der Waals surface area contributed by atoms with Gasteiger partial charge in [0.2, 0.25) is 0 Å². The summed E-state index contributed by atoms with van der Waals surface area (Å²) in [5.74, 6) is 0.687. The molecule has 11 heteroatoms. The van der Waals surface area contributed by atoms with E-state index in [-0.39, 0.29) is 12.7 Å². The van der Waals surface area contributed by atoms with Gasteiger partial charge in [0.25, 0.3) is 0 Å². The summed E-state index contributed by atoms with van der Waals surface area (Å²) in [5, 5.41) is 26.2. The van der Waals surface area contributed by atoms with Crippen molar-refractivity contribution in [1.82, 2.24) is 15.1 Å². The highest BCUT2D eigenvalue weighted by Gasteiger charge is 2.34. The van der Waals surface area contributed by atoms with E-state index < -0.39 is 17.5 Å². The molecule has 0 aliphatic heterocycles. The third-order valence-electron chi connectivity index (χ3n) is 7.34. The van der Waals surface area contributed by atoms with E-state index in [0.717, 1.165) is 46.7 Å². The number of hydrogen-bond donors (Lipinski definition) is 2. The molecule has 41 heavy (non-hydrogen) atoms. The molecular weight excluding hydrogens is 588 g/mol. The fourth-order valence-electron chi connectivity index (χ4n) is 4.88. The van der Waals surface area contributed by atoms with E-state index in [2.05, 4.69) is 15.1 Å². The van der Waals surface area contributed by atoms with Crippen molar-refractivity contribution >= 4 is 44.8 Å². The third-order valence-corrected chi connectivity index (χ3v) is 8.98. The van der Waals surface area contributed by atoms with Gasteiger partial charge < -0.3 is 19.5 Å². The summed E-state index contributed by atoms with van der Waals surface area (Å²) in [7, 11) is 0. The molecule has 3 aromatic heterocycles. The topological polar surface area (TPSA) is 102 Å². The van der Waals surface area contributed by atoms with Crippen molar-refractivity contribution in [3.63, 3.8) is 0 Å². The average Bonchev–Trinajstić information content (AvgIpc) is 3.52. The zero-order valence-electron chi connectivity index (χ0n) is 23.3. The maximum atomic E-state index is 14.7. The predicted molar refractivity (Wildman–Crippen MR) is 159 cm³/mol. The molecule has 4 aromatic rings. The van der Waals surface area contributed by atoms with Crippen LogP contribution in [0.15, 0.2) is 29.0 Å². The van der Waals surface area contributed by atoms with Gasteiger partial charge in [-0.2, -0.15) is 0 Å². The van der Waals surface area contributed by atoms with Gasteiger partial charge in [0.1, 0.15) is 17.0 Å². The average molecular weight is 623 g/mol. The van der Waals surface area contributed by atoms with Crippen LogP contribution in [0.25, 0.3) is 21.5 Å². The molecule has 7 nitrogen and oxygen atoms in total. The van der Waals surface area contributed by atoms with Crippen LogP contribution in [0.3, 0.4) is 0 Å². The van der Waals surface area contributed by atoms with E-state index in [1.165, 1.54) is 29.8 Å². The summed E-state index contributed by atoms with van der Waals surface area (Å²) in [6, 6.07) is 3.16. The van der Waals surface area contributed by atoms with Crippen molar-refractivity contribution in [1.29, 1.82) is 0 Å². The number of halogens is 3. The SMILES string of the molecule is C[C@@H](O)CC[C@H](CCCc1nc2c(F)cc(C(C)(C)O)cc2s1)OCc1c(-c2c(Cl)cncc2Cl)noc1C1CC1. The second kappa shape index (κ2) is 12.6. The molecule has 1 aliphatic rings. The van der Waals surface area contributed by atoms with Crippen molar-refractivity contribution in [2.75, 3.05) is 0 Å². The normalized spacial score (nSPS) is 15.5. The first kappa shape index (κ1) is 30.3. The van der Waals surface area contributed by atoms with Gasteiger partial charge >= 0.3 is 0 Å². The van der Waals surface area contributed by atoms with Crippen molar-refractivity contribution < 1.29 is 23.9 Å². The molecule has 0 radical (unpaired) electrons. The number of hydrogen-bond acceptors (Lipinski definition) is 8. The minimum atomic E-state index is -1.13. The lowest BCUT2D eigenvalue weighted by Gasteiger charge is -2.19. The molecule has 5 rings (SSSR count). The predicted octanol–water partition coefficient (Wildman–Crippen LogP) is 7.97. The summed E-state index contributed by atoms with van der Waals surface area (Å²) in [6.07, 6.45) is 8.01. The summed E-state index contributed by atoms with van der Waals surface area (Å²) < 4.78 is 27.6. The standard InChI is InChI=1S/C30H34Cl2FN3O4S/c1-16(37)7-10-19(5-4-6-25-35-28-23(33)11-18(30(2,3)38)12-24(28)41-25)39-15-20-27(36-40-29(20)17-8-9-17)26-21(31)13-34-14-22(26)32/h11-14,16-17,19,37-38H,4-10,15H2,1-3H3/t16-,19+/m1/s1. The molecule has 2 N–H and O–H groups in total. The first-order valence-corrected chi connectivity index (χ1v) is 15.5. The Morgan fingerprint density at radius 1 is 1.17 bits per heavy atom. The van der Waals surface area contributed by atoms with E-state index in [1.54, 1.807) is 20.8 Å². The molecule has 1 aliphatic carbocycles. The molecule has 220 valence electrons. The highest BCUT2D eigenvalue weighted by atomic mass is 35.5. The lowest BCUT2D eigenvalue weighted by Crippen LogP contribution is -2.16. The molecule has 2 atom stereocenters. The highest BCUT2D eigenvalue weighted by molar-refractivity contribution is 7.18. The van der Waals surface area contributed by atoms with Gasteiger partial charge in [0, 0.05) is 29.4 Å². The smallest absolute Gasteiger partial charge is 0.150 e. The zero-order valence-corrected chi connectivity index (χ0v) is 25.6. The van der Waals surface area contributed by atoms with Gasteiger partial charge in [-0.15, -0.1) is 11.3 Å². The number of aryl methyl sites for hydroxylation is 1. The number of pyridine rings is 1. The first-order chi connectivity index (χ1) is 19.5. The molecule has 0 bridgehead atoms. The van der Waals surface area contributed by atoms with Crippen molar-refractivity contribution in [3.05, 3.63) is 62.3 Å². The number of benzene rings is 1. The Balaban J connectivity index is 1.29. The van der Waals surface area contributed by atoms with Crippen molar-refractivity contribution in [3.8, 4) is 11.3 Å². The minimum Gasteiger partial charge on any atom is -0.393 e. The number of fused-ring (bicyclic) bond motifs is 1. The minimum absolute atomic E-state index is 0.129. The molecule has 1 fully saturated rings. The van der Waals surface area contributed by atoms with E-state index in [1.807, 2.05) is 6.07 Å². The fraction of sp³-hybridized carbons (Fsp3) is 0.500. The Morgan fingerprint density at radius 2 is 1.90 bits per heavy atom. The Morgan fingerprint density at radius 3 is 2.56 bits per heavy atom.